The molecule has 0 radical (unpaired) electrons. The van der Waals surface area contributed by atoms with Crippen molar-refractivity contribution in [2.75, 3.05) is 31.3 Å². The van der Waals surface area contributed by atoms with Gasteiger partial charge in [-0.05, 0) is 6.07 Å². The van der Waals surface area contributed by atoms with E-state index in [1.54, 1.807) is 16.2 Å². The van der Waals surface area contributed by atoms with Crippen LogP contribution in [0.5, 0.6) is 0 Å². The van der Waals surface area contributed by atoms with E-state index >= 15 is 0 Å². The Morgan fingerprint density at radius 3 is 3.00 bits per heavy atom. The zero-order valence-electron chi connectivity index (χ0n) is 10.4. The van der Waals surface area contributed by atoms with E-state index in [-0.39, 0.29) is 0 Å². The lowest BCUT2D eigenvalue weighted by molar-refractivity contribution is -0.118. The lowest BCUT2D eigenvalue weighted by Gasteiger charge is -2.18. The SMILES string of the molecule is O=CN1CCON(c2ncc3ccccc3n2)CC1. The molecule has 0 spiro atoms. The Kier molecular flexibility index (Phi) is 3.24. The Bertz CT molecular complexity index is 590. The number of para-hydroxylation sites is 1. The average molecular weight is 258 g/mol. The second kappa shape index (κ2) is 5.19. The van der Waals surface area contributed by atoms with Gasteiger partial charge in [0.1, 0.15) is 0 Å². The van der Waals surface area contributed by atoms with E-state index in [2.05, 4.69) is 9.97 Å². The van der Waals surface area contributed by atoms with Crippen LogP contribution in [-0.2, 0) is 9.63 Å². The molecule has 0 bridgehead atoms. The van der Waals surface area contributed by atoms with Crippen LogP contribution in [0.4, 0.5) is 5.95 Å². The van der Waals surface area contributed by atoms with Crippen LogP contribution < -0.4 is 5.06 Å². The average Bonchev–Trinajstić information content (AvgIpc) is 2.72. The highest BCUT2D eigenvalue weighted by atomic mass is 16.7. The summed E-state index contributed by atoms with van der Waals surface area (Å²) in [6.45, 7) is 2.22. The molecule has 1 aromatic heterocycles. The minimum absolute atomic E-state index is 0.453. The maximum atomic E-state index is 10.8. The van der Waals surface area contributed by atoms with Gasteiger partial charge in [0, 0.05) is 24.7 Å². The number of carbonyl (C=O) groups excluding carboxylic acids is 1. The molecular formula is C13H14N4O2. The van der Waals surface area contributed by atoms with Gasteiger partial charge in [0.15, 0.2) is 0 Å². The second-order valence-electron chi connectivity index (χ2n) is 4.31. The molecule has 1 aromatic carbocycles. The normalized spacial score (nSPS) is 16.4. The van der Waals surface area contributed by atoms with Crippen LogP contribution in [0.1, 0.15) is 0 Å². The molecule has 1 saturated heterocycles. The maximum absolute atomic E-state index is 10.8. The maximum Gasteiger partial charge on any atom is 0.250 e. The molecular weight excluding hydrogens is 244 g/mol. The van der Waals surface area contributed by atoms with Gasteiger partial charge in [0.05, 0.1) is 18.7 Å². The van der Waals surface area contributed by atoms with E-state index in [9.17, 15) is 4.79 Å². The molecule has 1 amide bonds. The summed E-state index contributed by atoms with van der Waals surface area (Å²) >= 11 is 0. The molecule has 0 N–H and O–H groups in total. The summed E-state index contributed by atoms with van der Waals surface area (Å²) in [4.78, 5) is 26.8. The van der Waals surface area contributed by atoms with E-state index in [0.29, 0.717) is 32.2 Å². The summed E-state index contributed by atoms with van der Waals surface area (Å²) in [5.74, 6) is 0.534. The molecule has 3 rings (SSSR count). The molecule has 0 atom stereocenters. The number of carbonyl (C=O) groups is 1. The third-order valence-corrected chi connectivity index (χ3v) is 3.06. The van der Waals surface area contributed by atoms with E-state index in [1.807, 2.05) is 24.3 Å². The lowest BCUT2D eigenvalue weighted by Crippen LogP contribution is -2.30. The van der Waals surface area contributed by atoms with Crippen LogP contribution in [0.3, 0.4) is 0 Å². The third-order valence-electron chi connectivity index (χ3n) is 3.06. The van der Waals surface area contributed by atoms with Crippen molar-refractivity contribution in [1.82, 2.24) is 14.9 Å². The van der Waals surface area contributed by atoms with Crippen molar-refractivity contribution in [2.45, 2.75) is 0 Å². The van der Waals surface area contributed by atoms with E-state index in [0.717, 1.165) is 17.3 Å². The number of aromatic nitrogens is 2. The van der Waals surface area contributed by atoms with Crippen LogP contribution in [0.15, 0.2) is 30.5 Å². The number of rotatable bonds is 2. The topological polar surface area (TPSA) is 58.6 Å². The van der Waals surface area contributed by atoms with Crippen molar-refractivity contribution in [3.8, 4) is 0 Å². The largest absolute Gasteiger partial charge is 0.341 e. The molecule has 6 nitrogen and oxygen atoms in total. The van der Waals surface area contributed by atoms with Crippen molar-refractivity contribution in [2.24, 2.45) is 0 Å². The van der Waals surface area contributed by atoms with Crippen LogP contribution in [0.2, 0.25) is 0 Å². The number of amides is 1. The highest BCUT2D eigenvalue weighted by Gasteiger charge is 2.17. The molecule has 2 heterocycles. The highest BCUT2D eigenvalue weighted by Crippen LogP contribution is 2.15. The van der Waals surface area contributed by atoms with Crippen molar-refractivity contribution in [1.29, 1.82) is 0 Å². The molecule has 0 unspecified atom stereocenters. The van der Waals surface area contributed by atoms with E-state index in [1.165, 1.54) is 0 Å². The van der Waals surface area contributed by atoms with Gasteiger partial charge in [-0.2, -0.15) is 0 Å². The Balaban J connectivity index is 1.85. The Hall–Kier alpha value is -2.21. The first-order valence-corrected chi connectivity index (χ1v) is 6.18. The van der Waals surface area contributed by atoms with Gasteiger partial charge in [0.25, 0.3) is 0 Å². The smallest absolute Gasteiger partial charge is 0.250 e. The molecule has 0 saturated carbocycles. The number of fused-ring (bicyclic) bond motifs is 1. The number of hydrogen-bond acceptors (Lipinski definition) is 5. The predicted molar refractivity (Wildman–Crippen MR) is 70.5 cm³/mol. The molecule has 1 fully saturated rings. The van der Waals surface area contributed by atoms with Crippen molar-refractivity contribution in [3.63, 3.8) is 0 Å². The molecule has 2 aromatic rings. The molecule has 1 aliphatic rings. The fourth-order valence-corrected chi connectivity index (χ4v) is 2.01. The fraction of sp³-hybridized carbons (Fsp3) is 0.308. The van der Waals surface area contributed by atoms with Gasteiger partial charge >= 0.3 is 0 Å². The van der Waals surface area contributed by atoms with Gasteiger partial charge < -0.3 is 4.90 Å². The Morgan fingerprint density at radius 1 is 1.21 bits per heavy atom. The zero-order valence-corrected chi connectivity index (χ0v) is 10.4. The van der Waals surface area contributed by atoms with Crippen LogP contribution in [0, 0.1) is 0 Å². The predicted octanol–water partition coefficient (Wildman–Crippen LogP) is 0.840. The number of benzene rings is 1. The Labute approximate surface area is 110 Å². The van der Waals surface area contributed by atoms with Crippen LogP contribution in [-0.4, -0.2) is 47.5 Å². The van der Waals surface area contributed by atoms with Crippen molar-refractivity contribution < 1.29 is 9.63 Å². The van der Waals surface area contributed by atoms with E-state index in [4.69, 9.17) is 4.84 Å². The first-order chi connectivity index (χ1) is 9.36. The fourth-order valence-electron chi connectivity index (χ4n) is 2.01. The monoisotopic (exact) mass is 258 g/mol. The van der Waals surface area contributed by atoms with Crippen LogP contribution in [0.25, 0.3) is 10.9 Å². The first-order valence-electron chi connectivity index (χ1n) is 6.18. The summed E-state index contributed by atoms with van der Waals surface area (Å²) < 4.78 is 0. The van der Waals surface area contributed by atoms with Gasteiger partial charge in [0.2, 0.25) is 12.4 Å². The number of hydroxylamine groups is 1. The van der Waals surface area contributed by atoms with Crippen LogP contribution >= 0.6 is 0 Å². The van der Waals surface area contributed by atoms with Crippen molar-refractivity contribution >= 4 is 23.3 Å². The number of nitrogens with zero attached hydrogens (tertiary/aromatic N) is 4. The molecule has 0 aliphatic carbocycles. The zero-order chi connectivity index (χ0) is 13.1. The molecule has 98 valence electrons. The highest BCUT2D eigenvalue weighted by molar-refractivity contribution is 5.78. The summed E-state index contributed by atoms with van der Waals surface area (Å²) in [5, 5.41) is 2.64. The molecule has 6 heteroatoms. The summed E-state index contributed by atoms with van der Waals surface area (Å²) in [7, 11) is 0. The summed E-state index contributed by atoms with van der Waals surface area (Å²) in [5.41, 5.74) is 0.882. The standard InChI is InChI=1S/C13H14N4O2/c18-10-16-5-6-17(19-8-7-16)13-14-9-11-3-1-2-4-12(11)15-13/h1-4,9-10H,5-8H2. The van der Waals surface area contributed by atoms with Gasteiger partial charge in [-0.25, -0.2) is 15.0 Å². The van der Waals surface area contributed by atoms with Gasteiger partial charge in [-0.1, -0.05) is 18.2 Å². The van der Waals surface area contributed by atoms with Gasteiger partial charge in [-0.15, -0.1) is 0 Å². The van der Waals surface area contributed by atoms with E-state index < -0.39 is 0 Å². The minimum Gasteiger partial charge on any atom is -0.341 e. The quantitative estimate of drug-likeness (QED) is 0.747. The number of hydrogen-bond donors (Lipinski definition) is 0. The van der Waals surface area contributed by atoms with Gasteiger partial charge in [-0.3, -0.25) is 9.63 Å². The lowest BCUT2D eigenvalue weighted by atomic mass is 10.2. The molecule has 1 aliphatic heterocycles. The van der Waals surface area contributed by atoms with Crippen molar-refractivity contribution in [3.05, 3.63) is 30.5 Å². The third kappa shape index (κ3) is 2.48. The minimum atomic E-state index is 0.453. The second-order valence-corrected chi connectivity index (χ2v) is 4.31. The Morgan fingerprint density at radius 2 is 2.11 bits per heavy atom. The molecule has 19 heavy (non-hydrogen) atoms. The summed E-state index contributed by atoms with van der Waals surface area (Å²) in [6, 6.07) is 7.80. The number of anilines is 1. The summed E-state index contributed by atoms with van der Waals surface area (Å²) in [6.07, 6.45) is 2.62. The first kappa shape index (κ1) is 11.9.